The molecule has 1 aromatic carbocycles. The Balaban J connectivity index is 2.99. The van der Waals surface area contributed by atoms with E-state index in [2.05, 4.69) is 4.98 Å². The Morgan fingerprint density at radius 1 is 1.41 bits per heavy atom. The molecule has 0 aliphatic carbocycles. The summed E-state index contributed by atoms with van der Waals surface area (Å²) in [5.74, 6) is -2.17. The number of carboxylic acids is 1. The smallest absolute Gasteiger partial charge is 0.355 e. The van der Waals surface area contributed by atoms with Gasteiger partial charge in [-0.15, -0.1) is 0 Å². The molecule has 2 rings (SSSR count). The second-order valence-corrected chi connectivity index (χ2v) is 3.21. The Hall–Kier alpha value is -2.57. The average Bonchev–Trinajstić information content (AvgIpc) is 2.28. The molecule has 1 heterocycles. The van der Waals surface area contributed by atoms with Gasteiger partial charge in [0.05, 0.1) is 10.3 Å². The number of fused-ring (bicyclic) bond motifs is 1. The van der Waals surface area contributed by atoms with E-state index in [1.54, 1.807) is 0 Å². The van der Waals surface area contributed by atoms with E-state index in [4.69, 9.17) is 5.11 Å². The lowest BCUT2D eigenvalue weighted by Gasteiger charge is -2.03. The number of aromatic carboxylic acids is 1. The van der Waals surface area contributed by atoms with Crippen molar-refractivity contribution in [2.45, 2.75) is 0 Å². The fraction of sp³-hybridized carbons (Fsp3) is 0. The maximum atomic E-state index is 13.4. The summed E-state index contributed by atoms with van der Waals surface area (Å²) in [6, 6.07) is 3.04. The molecule has 0 atom stereocenters. The molecule has 0 bridgehead atoms. The summed E-state index contributed by atoms with van der Waals surface area (Å²) < 4.78 is 13.4. The van der Waals surface area contributed by atoms with Crippen molar-refractivity contribution in [3.63, 3.8) is 0 Å². The predicted molar refractivity (Wildman–Crippen MR) is 55.3 cm³/mol. The number of aromatic nitrogens is 1. The maximum absolute atomic E-state index is 13.4. The molecule has 0 saturated heterocycles. The minimum Gasteiger partial charge on any atom is -0.476 e. The molecule has 0 unspecified atom stereocenters. The molecule has 7 heteroatoms. The van der Waals surface area contributed by atoms with Crippen LogP contribution in [0.1, 0.15) is 10.5 Å². The summed E-state index contributed by atoms with van der Waals surface area (Å²) in [7, 11) is 0. The topological polar surface area (TPSA) is 93.3 Å². The Bertz CT molecular complexity index is 621. The van der Waals surface area contributed by atoms with E-state index in [1.165, 1.54) is 6.07 Å². The maximum Gasteiger partial charge on any atom is 0.355 e. The number of pyridine rings is 1. The molecule has 0 spiro atoms. The Morgan fingerprint density at radius 3 is 2.71 bits per heavy atom. The number of nitrogens with zero attached hydrogens (tertiary/aromatic N) is 2. The van der Waals surface area contributed by atoms with Crippen LogP contribution in [0.2, 0.25) is 0 Å². The zero-order valence-corrected chi connectivity index (χ0v) is 8.25. The second kappa shape index (κ2) is 3.78. The highest BCUT2D eigenvalue weighted by molar-refractivity contribution is 6.06. The number of nitro benzene ring substituents is 1. The summed E-state index contributed by atoms with van der Waals surface area (Å²) in [5, 5.41) is 19.2. The number of carbonyl (C=O) groups is 1. The van der Waals surface area contributed by atoms with Gasteiger partial charge in [-0.25, -0.2) is 14.2 Å². The van der Waals surface area contributed by atoms with Crippen LogP contribution in [0.15, 0.2) is 24.4 Å². The lowest BCUT2D eigenvalue weighted by Crippen LogP contribution is -2.03. The number of rotatable bonds is 2. The molecule has 0 fully saturated rings. The van der Waals surface area contributed by atoms with Crippen LogP contribution in [0.4, 0.5) is 10.1 Å². The fourth-order valence-corrected chi connectivity index (χ4v) is 1.56. The van der Waals surface area contributed by atoms with Gasteiger partial charge in [-0.3, -0.25) is 10.1 Å². The number of benzene rings is 1. The highest BCUT2D eigenvalue weighted by atomic mass is 19.1. The van der Waals surface area contributed by atoms with Gasteiger partial charge in [0.2, 0.25) is 0 Å². The van der Waals surface area contributed by atoms with Crippen LogP contribution >= 0.6 is 0 Å². The predicted octanol–water partition coefficient (Wildman–Crippen LogP) is 1.98. The quantitative estimate of drug-likeness (QED) is 0.635. The number of hydrogen-bond donors (Lipinski definition) is 1. The van der Waals surface area contributed by atoms with Crippen molar-refractivity contribution < 1.29 is 19.2 Å². The van der Waals surface area contributed by atoms with Crippen LogP contribution in [0.3, 0.4) is 0 Å². The monoisotopic (exact) mass is 236 g/mol. The van der Waals surface area contributed by atoms with Gasteiger partial charge in [0.1, 0.15) is 5.82 Å². The third-order valence-corrected chi connectivity index (χ3v) is 2.25. The SMILES string of the molecule is O=C(O)c1nccc2c(F)ccc([N+](=O)[O-])c12. The molecule has 17 heavy (non-hydrogen) atoms. The van der Waals surface area contributed by atoms with Crippen LogP contribution in [0.5, 0.6) is 0 Å². The van der Waals surface area contributed by atoms with Gasteiger partial charge in [-0.2, -0.15) is 0 Å². The zero-order chi connectivity index (χ0) is 12.6. The van der Waals surface area contributed by atoms with Crippen LogP contribution in [0.25, 0.3) is 10.8 Å². The van der Waals surface area contributed by atoms with E-state index in [-0.39, 0.29) is 10.8 Å². The van der Waals surface area contributed by atoms with Crippen molar-refractivity contribution in [2.24, 2.45) is 0 Å². The fourth-order valence-electron chi connectivity index (χ4n) is 1.56. The van der Waals surface area contributed by atoms with E-state index in [9.17, 15) is 19.3 Å². The van der Waals surface area contributed by atoms with Crippen LogP contribution in [-0.2, 0) is 0 Å². The van der Waals surface area contributed by atoms with Gasteiger partial charge in [0, 0.05) is 17.6 Å². The molecule has 1 N–H and O–H groups in total. The van der Waals surface area contributed by atoms with Gasteiger partial charge in [0.25, 0.3) is 5.69 Å². The molecule has 0 aliphatic rings. The average molecular weight is 236 g/mol. The Morgan fingerprint density at radius 2 is 2.12 bits per heavy atom. The van der Waals surface area contributed by atoms with E-state index in [0.717, 1.165) is 18.3 Å². The van der Waals surface area contributed by atoms with Crippen molar-refractivity contribution in [1.82, 2.24) is 4.98 Å². The van der Waals surface area contributed by atoms with Crippen LogP contribution in [-0.4, -0.2) is 21.0 Å². The minimum atomic E-state index is -1.44. The lowest BCUT2D eigenvalue weighted by molar-refractivity contribution is -0.383. The molecule has 0 aliphatic heterocycles. The van der Waals surface area contributed by atoms with E-state index in [0.29, 0.717) is 0 Å². The van der Waals surface area contributed by atoms with Crippen LogP contribution in [0, 0.1) is 15.9 Å². The first kappa shape index (κ1) is 10.9. The summed E-state index contributed by atoms with van der Waals surface area (Å²) in [5.41, 5.74) is -1.01. The summed E-state index contributed by atoms with van der Waals surface area (Å²) in [4.78, 5) is 24.4. The first-order chi connectivity index (χ1) is 8.02. The summed E-state index contributed by atoms with van der Waals surface area (Å²) in [6.07, 6.45) is 1.10. The number of hydrogen-bond acceptors (Lipinski definition) is 4. The highest BCUT2D eigenvalue weighted by Gasteiger charge is 2.22. The molecule has 2 aromatic rings. The molecule has 86 valence electrons. The summed E-state index contributed by atoms with van der Waals surface area (Å²) in [6.45, 7) is 0. The van der Waals surface area contributed by atoms with Gasteiger partial charge >= 0.3 is 5.97 Å². The third-order valence-electron chi connectivity index (χ3n) is 2.25. The largest absolute Gasteiger partial charge is 0.476 e. The van der Waals surface area contributed by atoms with Crippen LogP contribution < -0.4 is 0 Å². The second-order valence-electron chi connectivity index (χ2n) is 3.21. The molecular formula is C10H5FN2O4. The van der Waals surface area contributed by atoms with Gasteiger partial charge in [0.15, 0.2) is 5.69 Å². The molecule has 0 amide bonds. The molecular weight excluding hydrogens is 231 g/mol. The van der Waals surface area contributed by atoms with E-state index < -0.39 is 28.1 Å². The van der Waals surface area contributed by atoms with Crippen molar-refractivity contribution in [3.8, 4) is 0 Å². The number of nitro groups is 1. The first-order valence-electron chi connectivity index (χ1n) is 4.47. The van der Waals surface area contributed by atoms with E-state index >= 15 is 0 Å². The van der Waals surface area contributed by atoms with Gasteiger partial charge in [-0.05, 0) is 12.1 Å². The number of non-ortho nitro benzene ring substituents is 1. The molecule has 0 radical (unpaired) electrons. The number of halogens is 1. The lowest BCUT2D eigenvalue weighted by atomic mass is 10.1. The van der Waals surface area contributed by atoms with Crippen molar-refractivity contribution in [1.29, 1.82) is 0 Å². The standard InChI is InChI=1S/C10H5FN2O4/c11-6-1-2-7(13(16)17)8-5(6)3-4-12-9(8)10(14)15/h1-4H,(H,14,15). The van der Waals surface area contributed by atoms with Crippen molar-refractivity contribution >= 4 is 22.4 Å². The first-order valence-corrected chi connectivity index (χ1v) is 4.47. The van der Waals surface area contributed by atoms with Gasteiger partial charge in [-0.1, -0.05) is 0 Å². The normalized spacial score (nSPS) is 10.4. The third kappa shape index (κ3) is 1.67. The zero-order valence-electron chi connectivity index (χ0n) is 8.25. The molecule has 6 nitrogen and oxygen atoms in total. The van der Waals surface area contributed by atoms with E-state index in [1.807, 2.05) is 0 Å². The van der Waals surface area contributed by atoms with Crippen molar-refractivity contribution in [3.05, 3.63) is 46.0 Å². The molecule has 1 aromatic heterocycles. The number of carboxylic acid groups (broad SMARTS) is 1. The summed E-state index contributed by atoms with van der Waals surface area (Å²) >= 11 is 0. The molecule has 0 saturated carbocycles. The minimum absolute atomic E-state index is 0.133. The Labute approximate surface area is 93.5 Å². The Kier molecular flexibility index (Phi) is 2.43. The highest BCUT2D eigenvalue weighted by Crippen LogP contribution is 2.29. The van der Waals surface area contributed by atoms with Gasteiger partial charge < -0.3 is 5.11 Å². The van der Waals surface area contributed by atoms with Crippen molar-refractivity contribution in [2.75, 3.05) is 0 Å².